The third-order valence-electron chi connectivity index (χ3n) is 7.11. The molecule has 2 atom stereocenters. The molecule has 2 aliphatic heterocycles. The summed E-state index contributed by atoms with van der Waals surface area (Å²) in [6, 6.07) is 18.1. The Hall–Kier alpha value is -2.86. The number of piperidine rings is 2. The number of nitrogens with zero attached hydrogens (tertiary/aromatic N) is 2. The van der Waals surface area contributed by atoms with E-state index in [1.54, 1.807) is 0 Å². The van der Waals surface area contributed by atoms with Gasteiger partial charge in [0.15, 0.2) is 0 Å². The third-order valence-corrected chi connectivity index (χ3v) is 7.11. The van der Waals surface area contributed by atoms with Crippen LogP contribution in [-0.2, 0) is 22.7 Å². The Morgan fingerprint density at radius 3 is 2.46 bits per heavy atom. The SMILES string of the molecule is CC1CCCN(Cc2ccc(CNC(=O)C3CCCN(C(=O)CCOc4ccccc4)C3)cc2)C1. The normalized spacial score (nSPS) is 20.9. The lowest BCUT2D eigenvalue weighted by molar-refractivity contribution is -0.136. The Morgan fingerprint density at radius 2 is 1.69 bits per heavy atom. The van der Waals surface area contributed by atoms with Crippen molar-refractivity contribution in [3.05, 3.63) is 65.7 Å². The van der Waals surface area contributed by atoms with E-state index in [1.807, 2.05) is 35.2 Å². The molecule has 6 heteroatoms. The fraction of sp³-hybridized carbons (Fsp3) is 0.517. The van der Waals surface area contributed by atoms with E-state index in [-0.39, 0.29) is 17.7 Å². The van der Waals surface area contributed by atoms with Crippen LogP contribution in [0.15, 0.2) is 54.6 Å². The largest absolute Gasteiger partial charge is 0.493 e. The van der Waals surface area contributed by atoms with Crippen molar-refractivity contribution >= 4 is 11.8 Å². The number of nitrogens with one attached hydrogen (secondary N) is 1. The molecular formula is C29H39N3O3. The summed E-state index contributed by atoms with van der Waals surface area (Å²) < 4.78 is 5.66. The number of hydrogen-bond acceptors (Lipinski definition) is 4. The van der Waals surface area contributed by atoms with Gasteiger partial charge in [0.05, 0.1) is 18.9 Å². The van der Waals surface area contributed by atoms with Crippen LogP contribution in [0.5, 0.6) is 5.75 Å². The predicted octanol–water partition coefficient (Wildman–Crippen LogP) is 4.24. The Kier molecular flexibility index (Phi) is 9.18. The Bertz CT molecular complexity index is 947. The standard InChI is InChI=1S/C29H39N3O3/c1-23-7-5-16-31(20-23)21-25-13-11-24(12-14-25)19-30-29(34)26-8-6-17-32(22-26)28(33)15-18-35-27-9-3-2-4-10-27/h2-4,9-14,23,26H,5-8,15-22H2,1H3,(H,30,34). The van der Waals surface area contributed by atoms with Crippen LogP contribution in [0.25, 0.3) is 0 Å². The van der Waals surface area contributed by atoms with E-state index in [1.165, 1.54) is 31.5 Å². The summed E-state index contributed by atoms with van der Waals surface area (Å²) in [4.78, 5) is 29.8. The van der Waals surface area contributed by atoms with Crippen molar-refractivity contribution in [3.63, 3.8) is 0 Å². The van der Waals surface area contributed by atoms with Gasteiger partial charge in [-0.05, 0) is 61.4 Å². The summed E-state index contributed by atoms with van der Waals surface area (Å²) in [6.07, 6.45) is 4.63. The lowest BCUT2D eigenvalue weighted by Crippen LogP contribution is -2.45. The Morgan fingerprint density at radius 1 is 0.943 bits per heavy atom. The van der Waals surface area contributed by atoms with Gasteiger partial charge in [-0.15, -0.1) is 0 Å². The van der Waals surface area contributed by atoms with Gasteiger partial charge in [0.2, 0.25) is 11.8 Å². The molecule has 2 unspecified atom stereocenters. The smallest absolute Gasteiger partial charge is 0.226 e. The first-order valence-electron chi connectivity index (χ1n) is 13.1. The first-order valence-corrected chi connectivity index (χ1v) is 13.1. The molecule has 2 amide bonds. The summed E-state index contributed by atoms with van der Waals surface area (Å²) in [5.41, 5.74) is 2.43. The van der Waals surface area contributed by atoms with E-state index in [9.17, 15) is 9.59 Å². The summed E-state index contributed by atoms with van der Waals surface area (Å²) in [7, 11) is 0. The maximum Gasteiger partial charge on any atom is 0.226 e. The first-order chi connectivity index (χ1) is 17.1. The van der Waals surface area contributed by atoms with E-state index in [4.69, 9.17) is 4.74 Å². The zero-order chi connectivity index (χ0) is 24.5. The zero-order valence-electron chi connectivity index (χ0n) is 21.0. The van der Waals surface area contributed by atoms with Gasteiger partial charge < -0.3 is 15.0 Å². The second-order valence-electron chi connectivity index (χ2n) is 10.1. The van der Waals surface area contributed by atoms with Crippen LogP contribution in [0.2, 0.25) is 0 Å². The summed E-state index contributed by atoms with van der Waals surface area (Å²) in [5, 5.41) is 3.09. The molecule has 0 spiro atoms. The van der Waals surface area contributed by atoms with Gasteiger partial charge in [-0.1, -0.05) is 49.4 Å². The highest BCUT2D eigenvalue weighted by molar-refractivity contribution is 5.81. The van der Waals surface area contributed by atoms with E-state index >= 15 is 0 Å². The van der Waals surface area contributed by atoms with Crippen molar-refractivity contribution in [1.82, 2.24) is 15.1 Å². The molecule has 0 aliphatic carbocycles. The maximum atomic E-state index is 12.8. The highest BCUT2D eigenvalue weighted by Gasteiger charge is 2.28. The fourth-order valence-electron chi connectivity index (χ4n) is 5.13. The van der Waals surface area contributed by atoms with Gasteiger partial charge in [-0.2, -0.15) is 0 Å². The van der Waals surface area contributed by atoms with Crippen LogP contribution in [0, 0.1) is 11.8 Å². The highest BCUT2D eigenvalue weighted by atomic mass is 16.5. The number of amides is 2. The molecule has 0 saturated carbocycles. The van der Waals surface area contributed by atoms with Gasteiger partial charge in [0, 0.05) is 32.7 Å². The van der Waals surface area contributed by atoms with Crippen molar-refractivity contribution in [3.8, 4) is 5.75 Å². The van der Waals surface area contributed by atoms with Crippen molar-refractivity contribution in [1.29, 1.82) is 0 Å². The molecule has 2 aromatic carbocycles. The Labute approximate surface area is 209 Å². The van der Waals surface area contributed by atoms with E-state index in [2.05, 4.69) is 41.4 Å². The topological polar surface area (TPSA) is 61.9 Å². The number of carbonyl (C=O) groups excluding carboxylic acids is 2. The van der Waals surface area contributed by atoms with Gasteiger partial charge in [0.1, 0.15) is 5.75 Å². The number of para-hydroxylation sites is 1. The average Bonchev–Trinajstić information content (AvgIpc) is 2.89. The van der Waals surface area contributed by atoms with Gasteiger partial charge in [-0.25, -0.2) is 0 Å². The first kappa shape index (κ1) is 25.2. The number of likely N-dealkylation sites (tertiary alicyclic amines) is 2. The second kappa shape index (κ2) is 12.7. The van der Waals surface area contributed by atoms with E-state index in [0.717, 1.165) is 36.6 Å². The quantitative estimate of drug-likeness (QED) is 0.587. The number of ether oxygens (including phenoxy) is 1. The molecule has 2 heterocycles. The molecule has 2 aliphatic rings. The summed E-state index contributed by atoms with van der Waals surface area (Å²) >= 11 is 0. The zero-order valence-corrected chi connectivity index (χ0v) is 21.0. The van der Waals surface area contributed by atoms with Crippen LogP contribution < -0.4 is 10.1 Å². The molecule has 2 aromatic rings. The minimum atomic E-state index is -0.150. The Balaban J connectivity index is 1.18. The molecule has 0 radical (unpaired) electrons. The maximum absolute atomic E-state index is 12.8. The van der Waals surface area contributed by atoms with Crippen LogP contribution in [-0.4, -0.2) is 54.4 Å². The fourth-order valence-corrected chi connectivity index (χ4v) is 5.13. The summed E-state index contributed by atoms with van der Waals surface area (Å²) in [6.45, 7) is 7.77. The van der Waals surface area contributed by atoms with Crippen molar-refractivity contribution in [2.24, 2.45) is 11.8 Å². The summed E-state index contributed by atoms with van der Waals surface area (Å²) in [5.74, 6) is 1.49. The molecule has 1 N–H and O–H groups in total. The highest BCUT2D eigenvalue weighted by Crippen LogP contribution is 2.20. The van der Waals surface area contributed by atoms with Crippen molar-refractivity contribution in [2.45, 2.75) is 52.1 Å². The van der Waals surface area contributed by atoms with Crippen LogP contribution >= 0.6 is 0 Å². The van der Waals surface area contributed by atoms with Gasteiger partial charge >= 0.3 is 0 Å². The number of hydrogen-bond donors (Lipinski definition) is 1. The van der Waals surface area contributed by atoms with Gasteiger partial charge in [-0.3, -0.25) is 14.5 Å². The van der Waals surface area contributed by atoms with Crippen molar-refractivity contribution < 1.29 is 14.3 Å². The lowest BCUT2D eigenvalue weighted by Gasteiger charge is -2.32. The second-order valence-corrected chi connectivity index (χ2v) is 10.1. The molecule has 6 nitrogen and oxygen atoms in total. The van der Waals surface area contributed by atoms with Gasteiger partial charge in [0.25, 0.3) is 0 Å². The van der Waals surface area contributed by atoms with Crippen molar-refractivity contribution in [2.75, 3.05) is 32.8 Å². The molecule has 188 valence electrons. The van der Waals surface area contributed by atoms with Crippen LogP contribution in [0.1, 0.15) is 50.2 Å². The molecular weight excluding hydrogens is 438 g/mol. The molecule has 2 saturated heterocycles. The molecule has 2 fully saturated rings. The van der Waals surface area contributed by atoms with E-state index < -0.39 is 0 Å². The molecule has 35 heavy (non-hydrogen) atoms. The minimum absolute atomic E-state index is 0.0365. The lowest BCUT2D eigenvalue weighted by atomic mass is 9.96. The monoisotopic (exact) mass is 477 g/mol. The predicted molar refractivity (Wildman–Crippen MR) is 138 cm³/mol. The molecule has 4 rings (SSSR count). The van der Waals surface area contributed by atoms with E-state index in [0.29, 0.717) is 32.7 Å². The molecule has 0 bridgehead atoms. The van der Waals surface area contributed by atoms with Crippen LogP contribution in [0.4, 0.5) is 0 Å². The average molecular weight is 478 g/mol. The minimum Gasteiger partial charge on any atom is -0.493 e. The third kappa shape index (κ3) is 7.82. The number of carbonyl (C=O) groups is 2. The number of rotatable bonds is 9. The number of benzene rings is 2. The molecule has 0 aromatic heterocycles. The van der Waals surface area contributed by atoms with Crippen LogP contribution in [0.3, 0.4) is 0 Å².